The van der Waals surface area contributed by atoms with Gasteiger partial charge in [-0.25, -0.2) is 8.42 Å². The maximum atomic E-state index is 12.7. The smallest absolute Gasteiger partial charge is 0.232 e. The Bertz CT molecular complexity index is 974. The van der Waals surface area contributed by atoms with E-state index in [4.69, 9.17) is 9.47 Å². The molecule has 176 valence electrons. The van der Waals surface area contributed by atoms with Crippen molar-refractivity contribution in [1.82, 2.24) is 5.32 Å². The van der Waals surface area contributed by atoms with Crippen molar-refractivity contribution in [1.29, 1.82) is 0 Å². The molecule has 0 bridgehead atoms. The fourth-order valence-corrected chi connectivity index (χ4v) is 4.51. The predicted octanol–water partition coefficient (Wildman–Crippen LogP) is 4.15. The summed E-state index contributed by atoms with van der Waals surface area (Å²) in [6, 6.07) is 14.5. The van der Waals surface area contributed by atoms with Crippen molar-refractivity contribution in [2.24, 2.45) is 5.92 Å². The van der Waals surface area contributed by atoms with Gasteiger partial charge in [0.05, 0.1) is 32.2 Å². The molecule has 32 heavy (non-hydrogen) atoms. The van der Waals surface area contributed by atoms with Crippen LogP contribution in [0, 0.1) is 5.92 Å². The van der Waals surface area contributed by atoms with Crippen LogP contribution < -0.4 is 19.1 Å². The highest BCUT2D eigenvalue weighted by atomic mass is 32.2. The monoisotopic (exact) mass is 462 g/mol. The largest absolute Gasteiger partial charge is 0.497 e. The first-order chi connectivity index (χ1) is 15.2. The number of sulfonamides is 1. The minimum Gasteiger partial charge on any atom is -0.497 e. The minimum atomic E-state index is -3.53. The highest BCUT2D eigenvalue weighted by Gasteiger charge is 2.22. The molecule has 0 unspecified atom stereocenters. The number of hydrogen-bond acceptors (Lipinski definition) is 5. The summed E-state index contributed by atoms with van der Waals surface area (Å²) in [5, 5.41) is 3.10. The van der Waals surface area contributed by atoms with Gasteiger partial charge in [0.2, 0.25) is 15.9 Å². The van der Waals surface area contributed by atoms with Gasteiger partial charge in [0, 0.05) is 13.0 Å². The van der Waals surface area contributed by atoms with E-state index in [1.165, 1.54) is 11.4 Å². The number of rotatable bonds is 12. The number of hydrogen-bond donors (Lipinski definition) is 1. The lowest BCUT2D eigenvalue weighted by molar-refractivity contribution is -0.122. The van der Waals surface area contributed by atoms with Crippen LogP contribution in [0.3, 0.4) is 0 Å². The number of nitrogens with zero attached hydrogens (tertiary/aromatic N) is 1. The van der Waals surface area contributed by atoms with Crippen LogP contribution in [0.2, 0.25) is 0 Å². The van der Waals surface area contributed by atoms with E-state index in [0.29, 0.717) is 23.8 Å². The first-order valence-electron chi connectivity index (χ1n) is 10.7. The minimum absolute atomic E-state index is 0.111. The fraction of sp³-hybridized carbons (Fsp3) is 0.458. The molecule has 0 aliphatic carbocycles. The van der Waals surface area contributed by atoms with Crippen LogP contribution in [0.15, 0.2) is 48.5 Å². The summed E-state index contributed by atoms with van der Waals surface area (Å²) >= 11 is 0. The molecule has 1 amide bonds. The average molecular weight is 463 g/mol. The van der Waals surface area contributed by atoms with Gasteiger partial charge >= 0.3 is 0 Å². The summed E-state index contributed by atoms with van der Waals surface area (Å²) in [5.74, 6) is 1.52. The molecule has 2 rings (SSSR count). The zero-order valence-corrected chi connectivity index (χ0v) is 20.3. The van der Waals surface area contributed by atoms with E-state index >= 15 is 0 Å². The lowest BCUT2D eigenvalue weighted by Gasteiger charge is -2.25. The molecule has 0 saturated heterocycles. The van der Waals surface area contributed by atoms with Gasteiger partial charge in [-0.3, -0.25) is 9.10 Å². The third-order valence-corrected chi connectivity index (χ3v) is 6.26. The summed E-state index contributed by atoms with van der Waals surface area (Å²) in [6.07, 6.45) is 2.55. The van der Waals surface area contributed by atoms with Crippen molar-refractivity contribution in [3.63, 3.8) is 0 Å². The van der Waals surface area contributed by atoms with Gasteiger partial charge in [-0.2, -0.15) is 0 Å². The molecular weight excluding hydrogens is 428 g/mol. The van der Waals surface area contributed by atoms with Crippen molar-refractivity contribution in [2.45, 2.75) is 39.2 Å². The molecule has 0 saturated carbocycles. The van der Waals surface area contributed by atoms with E-state index in [1.54, 1.807) is 31.4 Å². The van der Waals surface area contributed by atoms with Gasteiger partial charge in [0.1, 0.15) is 11.5 Å². The summed E-state index contributed by atoms with van der Waals surface area (Å²) in [6.45, 7) is 4.41. The Morgan fingerprint density at radius 1 is 1.03 bits per heavy atom. The molecule has 0 fully saturated rings. The van der Waals surface area contributed by atoms with E-state index in [9.17, 15) is 13.2 Å². The Hall–Kier alpha value is -2.74. The van der Waals surface area contributed by atoms with Crippen molar-refractivity contribution < 1.29 is 22.7 Å². The van der Waals surface area contributed by atoms with Gasteiger partial charge < -0.3 is 14.8 Å². The van der Waals surface area contributed by atoms with E-state index in [1.807, 2.05) is 24.3 Å². The van der Waals surface area contributed by atoms with Crippen molar-refractivity contribution >= 4 is 21.6 Å². The standard InChI is InChI=1S/C24H34N2O5S/c1-18(2)17-21(19-12-14-20(30-3)15-13-19)25-24(27)11-8-16-26(32(5,28)29)22-9-6-7-10-23(22)31-4/h6-7,9-10,12-15,18,21H,8,11,16-17H2,1-5H3,(H,25,27)/t21-/m0/s1. The molecular formula is C24H34N2O5S. The van der Waals surface area contributed by atoms with E-state index < -0.39 is 10.0 Å². The normalized spacial score (nSPS) is 12.3. The molecule has 0 spiro atoms. The first-order valence-corrected chi connectivity index (χ1v) is 12.5. The SMILES string of the molecule is COc1ccc([C@H](CC(C)C)NC(=O)CCCN(c2ccccc2OC)S(C)(=O)=O)cc1. The molecule has 0 aliphatic heterocycles. The molecule has 0 radical (unpaired) electrons. The third-order valence-electron chi connectivity index (χ3n) is 5.08. The number of para-hydroxylation sites is 2. The molecule has 2 aromatic rings. The number of nitrogens with one attached hydrogen (secondary N) is 1. The second-order valence-electron chi connectivity index (χ2n) is 8.13. The maximum absolute atomic E-state index is 12.7. The lowest BCUT2D eigenvalue weighted by Crippen LogP contribution is -2.33. The fourth-order valence-electron chi connectivity index (χ4n) is 3.54. The second-order valence-corrected chi connectivity index (χ2v) is 10.0. The van der Waals surface area contributed by atoms with Crippen LogP contribution in [0.1, 0.15) is 44.7 Å². The maximum Gasteiger partial charge on any atom is 0.232 e. The first kappa shape index (κ1) is 25.5. The third kappa shape index (κ3) is 7.44. The summed E-state index contributed by atoms with van der Waals surface area (Å²) in [7, 11) is -0.408. The molecule has 8 heteroatoms. The Morgan fingerprint density at radius 2 is 1.69 bits per heavy atom. The van der Waals surface area contributed by atoms with Crippen LogP contribution in [-0.2, 0) is 14.8 Å². The number of carbonyl (C=O) groups is 1. The van der Waals surface area contributed by atoms with Crippen molar-refractivity contribution in [3.05, 3.63) is 54.1 Å². The number of amides is 1. The molecule has 0 heterocycles. The zero-order valence-electron chi connectivity index (χ0n) is 19.5. The Balaban J connectivity index is 2.04. The van der Waals surface area contributed by atoms with Crippen molar-refractivity contribution in [3.8, 4) is 11.5 Å². The van der Waals surface area contributed by atoms with Crippen molar-refractivity contribution in [2.75, 3.05) is 31.3 Å². The molecule has 2 aromatic carbocycles. The highest BCUT2D eigenvalue weighted by Crippen LogP contribution is 2.30. The van der Waals surface area contributed by atoms with Crippen LogP contribution in [0.5, 0.6) is 11.5 Å². The van der Waals surface area contributed by atoms with E-state index in [2.05, 4.69) is 19.2 Å². The van der Waals surface area contributed by atoms with Gasteiger partial charge in [0.15, 0.2) is 0 Å². The van der Waals surface area contributed by atoms with E-state index in [-0.39, 0.29) is 24.9 Å². The van der Waals surface area contributed by atoms with Gasteiger partial charge in [0.25, 0.3) is 0 Å². The average Bonchev–Trinajstić information content (AvgIpc) is 2.75. The quantitative estimate of drug-likeness (QED) is 0.512. The van der Waals surface area contributed by atoms with Crippen LogP contribution in [-0.4, -0.2) is 41.3 Å². The summed E-state index contributed by atoms with van der Waals surface area (Å²) < 4.78 is 36.6. The number of benzene rings is 2. The number of anilines is 1. The van der Waals surface area contributed by atoms with Crippen LogP contribution in [0.4, 0.5) is 5.69 Å². The van der Waals surface area contributed by atoms with Crippen LogP contribution in [0.25, 0.3) is 0 Å². The zero-order chi connectivity index (χ0) is 23.7. The molecule has 7 nitrogen and oxygen atoms in total. The van der Waals surface area contributed by atoms with Gasteiger partial charge in [-0.05, 0) is 48.6 Å². The summed E-state index contributed by atoms with van der Waals surface area (Å²) in [5.41, 5.74) is 1.48. The lowest BCUT2D eigenvalue weighted by atomic mass is 9.96. The molecule has 0 aliphatic rings. The highest BCUT2D eigenvalue weighted by molar-refractivity contribution is 7.92. The number of carbonyl (C=O) groups excluding carboxylic acids is 1. The Morgan fingerprint density at radius 3 is 2.25 bits per heavy atom. The molecule has 1 atom stereocenters. The second kappa shape index (κ2) is 11.8. The van der Waals surface area contributed by atoms with Crippen LogP contribution >= 0.6 is 0 Å². The Labute approximate surface area is 191 Å². The number of ether oxygens (including phenoxy) is 2. The predicted molar refractivity (Wildman–Crippen MR) is 128 cm³/mol. The topological polar surface area (TPSA) is 84.9 Å². The molecule has 1 N–H and O–H groups in total. The molecule has 0 aromatic heterocycles. The summed E-state index contributed by atoms with van der Waals surface area (Å²) in [4.78, 5) is 12.7. The number of methoxy groups -OCH3 is 2. The van der Waals surface area contributed by atoms with Gasteiger partial charge in [-0.15, -0.1) is 0 Å². The Kier molecular flexibility index (Phi) is 9.38. The van der Waals surface area contributed by atoms with E-state index in [0.717, 1.165) is 24.0 Å². The van der Waals surface area contributed by atoms with Gasteiger partial charge in [-0.1, -0.05) is 38.1 Å².